The molecule has 0 radical (unpaired) electrons. The van der Waals surface area contributed by atoms with Gasteiger partial charge in [-0.2, -0.15) is 0 Å². The molecule has 2 aromatic heterocycles. The molecule has 1 saturated carbocycles. The van der Waals surface area contributed by atoms with Crippen LogP contribution in [0.25, 0.3) is 16.8 Å². The number of benzene rings is 1. The lowest BCUT2D eigenvalue weighted by Crippen LogP contribution is -2.32. The predicted octanol–water partition coefficient (Wildman–Crippen LogP) is 5.36. The Balaban J connectivity index is 1.65. The molecule has 3 heterocycles. The van der Waals surface area contributed by atoms with Gasteiger partial charge < -0.3 is 9.80 Å². The number of aromatic nitrogens is 3. The Morgan fingerprint density at radius 2 is 1.68 bits per heavy atom. The van der Waals surface area contributed by atoms with Gasteiger partial charge in [0.05, 0.1) is 23.9 Å². The van der Waals surface area contributed by atoms with Crippen LogP contribution in [0.4, 0.5) is 5.82 Å². The first-order valence-corrected chi connectivity index (χ1v) is 12.0. The van der Waals surface area contributed by atoms with Crippen molar-refractivity contribution in [1.82, 2.24) is 19.3 Å². The van der Waals surface area contributed by atoms with Gasteiger partial charge in [-0.15, -0.1) is 0 Å². The van der Waals surface area contributed by atoms with E-state index in [-0.39, 0.29) is 0 Å². The van der Waals surface area contributed by atoms with Crippen LogP contribution in [0.1, 0.15) is 63.0 Å². The summed E-state index contributed by atoms with van der Waals surface area (Å²) in [4.78, 5) is 14.8. The third-order valence-corrected chi connectivity index (χ3v) is 7.32. The van der Waals surface area contributed by atoms with E-state index in [4.69, 9.17) is 4.98 Å². The third-order valence-electron chi connectivity index (χ3n) is 7.32. The summed E-state index contributed by atoms with van der Waals surface area (Å²) >= 11 is 0. The van der Waals surface area contributed by atoms with Gasteiger partial charge in [-0.25, -0.2) is 9.97 Å². The fourth-order valence-corrected chi connectivity index (χ4v) is 5.50. The van der Waals surface area contributed by atoms with Gasteiger partial charge in [0.15, 0.2) is 5.82 Å². The van der Waals surface area contributed by atoms with Gasteiger partial charge in [-0.05, 0) is 33.4 Å². The van der Waals surface area contributed by atoms with Crippen LogP contribution in [-0.2, 0) is 0 Å². The van der Waals surface area contributed by atoms with Crippen LogP contribution in [0.5, 0.6) is 0 Å². The van der Waals surface area contributed by atoms with Gasteiger partial charge in [-0.1, -0.05) is 62.4 Å². The molecule has 0 spiro atoms. The summed E-state index contributed by atoms with van der Waals surface area (Å²) in [5.41, 5.74) is 4.91. The van der Waals surface area contributed by atoms with Crippen molar-refractivity contribution in [3.05, 3.63) is 48.5 Å². The van der Waals surface area contributed by atoms with Gasteiger partial charge in [0.25, 0.3) is 0 Å². The molecule has 164 valence electrons. The first kappa shape index (κ1) is 20.5. The van der Waals surface area contributed by atoms with E-state index in [9.17, 15) is 0 Å². The first-order chi connectivity index (χ1) is 15.2. The lowest BCUT2D eigenvalue weighted by Gasteiger charge is -2.27. The van der Waals surface area contributed by atoms with Crippen LogP contribution in [0, 0.1) is 0 Å². The summed E-state index contributed by atoms with van der Waals surface area (Å²) in [6, 6.07) is 11.4. The minimum atomic E-state index is 0.543. The van der Waals surface area contributed by atoms with Crippen LogP contribution >= 0.6 is 0 Å². The number of hydrogen-bond donors (Lipinski definition) is 0. The highest BCUT2D eigenvalue weighted by Gasteiger charge is 2.29. The van der Waals surface area contributed by atoms with Crippen LogP contribution in [-0.4, -0.2) is 52.5 Å². The zero-order valence-electron chi connectivity index (χ0n) is 19.0. The molecule has 5 rings (SSSR count). The molecular weight excluding hydrogens is 382 g/mol. The Hall–Kier alpha value is -2.40. The Morgan fingerprint density at radius 1 is 0.935 bits per heavy atom. The minimum absolute atomic E-state index is 0.543. The van der Waals surface area contributed by atoms with E-state index in [0.29, 0.717) is 12.0 Å². The summed E-state index contributed by atoms with van der Waals surface area (Å²) in [6.45, 7) is 2.07. The lowest BCUT2D eigenvalue weighted by atomic mass is 9.86. The highest BCUT2D eigenvalue weighted by Crippen LogP contribution is 2.39. The molecule has 1 aromatic carbocycles. The zero-order valence-corrected chi connectivity index (χ0v) is 19.0. The molecule has 0 amide bonds. The second-order valence-electron chi connectivity index (χ2n) is 9.58. The molecule has 3 aromatic rings. The molecule has 0 bridgehead atoms. The Kier molecular flexibility index (Phi) is 5.95. The molecule has 5 nitrogen and oxygen atoms in total. The highest BCUT2D eigenvalue weighted by atomic mass is 15.3. The largest absolute Gasteiger partial charge is 0.353 e. The molecule has 2 aliphatic rings. The summed E-state index contributed by atoms with van der Waals surface area (Å²) < 4.78 is 2.37. The van der Waals surface area contributed by atoms with Gasteiger partial charge in [0.2, 0.25) is 0 Å². The second kappa shape index (κ2) is 8.99. The van der Waals surface area contributed by atoms with Gasteiger partial charge >= 0.3 is 0 Å². The Bertz CT molecular complexity index is 1000. The van der Waals surface area contributed by atoms with Crippen LogP contribution in [0.3, 0.4) is 0 Å². The lowest BCUT2D eigenvalue weighted by molar-refractivity contribution is 0.315. The molecule has 1 saturated heterocycles. The average Bonchev–Trinajstić information content (AvgIpc) is 3.44. The number of hydrogen-bond acceptors (Lipinski definition) is 4. The first-order valence-electron chi connectivity index (χ1n) is 12.0. The summed E-state index contributed by atoms with van der Waals surface area (Å²) in [5.74, 6) is 1.64. The topological polar surface area (TPSA) is 36.7 Å². The van der Waals surface area contributed by atoms with E-state index in [0.717, 1.165) is 30.1 Å². The van der Waals surface area contributed by atoms with E-state index in [1.807, 2.05) is 12.5 Å². The Labute approximate surface area is 186 Å². The fourth-order valence-electron chi connectivity index (χ4n) is 5.50. The summed E-state index contributed by atoms with van der Waals surface area (Å²) in [5, 5.41) is 0. The number of fused-ring (bicyclic) bond motifs is 1. The van der Waals surface area contributed by atoms with Crippen molar-refractivity contribution >= 4 is 11.3 Å². The predicted molar refractivity (Wildman–Crippen MR) is 128 cm³/mol. The van der Waals surface area contributed by atoms with Crippen LogP contribution in [0.2, 0.25) is 0 Å². The van der Waals surface area contributed by atoms with E-state index < -0.39 is 0 Å². The van der Waals surface area contributed by atoms with E-state index in [1.54, 1.807) is 0 Å². The highest BCUT2D eigenvalue weighted by molar-refractivity contribution is 5.75. The van der Waals surface area contributed by atoms with Crippen molar-refractivity contribution in [2.75, 3.05) is 32.1 Å². The van der Waals surface area contributed by atoms with Crippen LogP contribution in [0.15, 0.2) is 42.9 Å². The second-order valence-corrected chi connectivity index (χ2v) is 9.58. The van der Waals surface area contributed by atoms with Crippen molar-refractivity contribution in [1.29, 1.82) is 0 Å². The van der Waals surface area contributed by atoms with Crippen molar-refractivity contribution in [3.8, 4) is 11.3 Å². The van der Waals surface area contributed by atoms with Crippen molar-refractivity contribution in [3.63, 3.8) is 0 Å². The zero-order chi connectivity index (χ0) is 21.2. The maximum absolute atomic E-state index is 5.39. The van der Waals surface area contributed by atoms with Crippen molar-refractivity contribution in [2.45, 2.75) is 63.3 Å². The molecule has 1 atom stereocenters. The summed E-state index contributed by atoms with van der Waals surface area (Å²) in [6.07, 6.45) is 14.5. The Morgan fingerprint density at radius 3 is 2.39 bits per heavy atom. The van der Waals surface area contributed by atoms with Gasteiger partial charge in [0, 0.05) is 30.6 Å². The number of rotatable bonds is 4. The number of imidazole rings is 1. The monoisotopic (exact) mass is 417 g/mol. The summed E-state index contributed by atoms with van der Waals surface area (Å²) in [7, 11) is 4.37. The molecular formula is C26H35N5. The molecule has 31 heavy (non-hydrogen) atoms. The minimum Gasteiger partial charge on any atom is -0.353 e. The fraction of sp³-hybridized carbons (Fsp3) is 0.538. The maximum atomic E-state index is 5.39. The quantitative estimate of drug-likeness (QED) is 0.572. The molecule has 0 N–H and O–H groups in total. The number of anilines is 1. The molecule has 2 fully saturated rings. The number of likely N-dealkylation sites (N-methyl/N-ethyl adjacent to an activating group) is 1. The SMILES string of the molecule is CN(C)[C@H]1CCN(c2nc(-c3ccccc3)c(C3CCCCCCC3)n3cncc23)C1. The molecule has 0 unspecified atom stereocenters. The van der Waals surface area contributed by atoms with Gasteiger partial charge in [-0.3, -0.25) is 4.40 Å². The van der Waals surface area contributed by atoms with Crippen LogP contribution < -0.4 is 4.90 Å². The molecule has 1 aliphatic heterocycles. The van der Waals surface area contributed by atoms with Crippen molar-refractivity contribution < 1.29 is 0 Å². The van der Waals surface area contributed by atoms with E-state index >= 15 is 0 Å². The van der Waals surface area contributed by atoms with E-state index in [1.165, 1.54) is 62.6 Å². The van der Waals surface area contributed by atoms with E-state index in [2.05, 4.69) is 63.6 Å². The standard InChI is InChI=1S/C26H35N5/c1-29(2)22-15-16-30(18-22)26-23-17-27-19-31(23)25(21-13-7-4-3-5-8-14-21)24(28-26)20-11-9-6-10-12-20/h6,9-12,17,19,21-22H,3-5,7-8,13-16,18H2,1-2H3/t22-/m0/s1. The van der Waals surface area contributed by atoms with Crippen molar-refractivity contribution in [2.24, 2.45) is 0 Å². The third kappa shape index (κ3) is 4.08. The normalized spacial score (nSPS) is 21.0. The smallest absolute Gasteiger partial charge is 0.155 e. The molecule has 5 heteroatoms. The average molecular weight is 418 g/mol. The molecule has 1 aliphatic carbocycles. The number of nitrogens with zero attached hydrogens (tertiary/aromatic N) is 5. The van der Waals surface area contributed by atoms with Gasteiger partial charge in [0.1, 0.15) is 5.52 Å². The maximum Gasteiger partial charge on any atom is 0.155 e.